The van der Waals surface area contributed by atoms with Crippen molar-refractivity contribution in [1.29, 1.82) is 0 Å². The van der Waals surface area contributed by atoms with Crippen LogP contribution in [0.1, 0.15) is 10.4 Å². The molecule has 1 N–H and O–H groups in total. The highest BCUT2D eigenvalue weighted by Crippen LogP contribution is 2.14. The van der Waals surface area contributed by atoms with Crippen molar-refractivity contribution in [2.24, 2.45) is 0 Å². The molecule has 1 aromatic rings. The van der Waals surface area contributed by atoms with Crippen LogP contribution >= 0.6 is 0 Å². The maximum atomic E-state index is 11.8. The number of aromatic nitrogens is 1. The molecule has 1 rings (SSSR count). The van der Waals surface area contributed by atoms with Crippen molar-refractivity contribution >= 4 is 11.7 Å². The van der Waals surface area contributed by atoms with Gasteiger partial charge in [-0.3, -0.25) is 4.79 Å². The minimum absolute atomic E-state index is 0.0838. The van der Waals surface area contributed by atoms with E-state index in [0.717, 1.165) is 0 Å². The fraction of sp³-hybridized carbons (Fsp3) is 0.500. The number of halogens is 3. The summed E-state index contributed by atoms with van der Waals surface area (Å²) < 4.78 is 39.8. The Balaban J connectivity index is 2.34. The minimum Gasteiger partial charge on any atom is -0.370 e. The molecule has 0 saturated heterocycles. The van der Waals surface area contributed by atoms with Crippen LogP contribution in [0.15, 0.2) is 18.3 Å². The van der Waals surface area contributed by atoms with Gasteiger partial charge in [-0.25, -0.2) is 4.98 Å². The molecule has 1 heterocycles. The molecule has 0 saturated carbocycles. The van der Waals surface area contributed by atoms with Crippen molar-refractivity contribution < 1.29 is 22.7 Å². The monoisotopic (exact) mass is 291 g/mol. The Hall–Kier alpha value is -1.83. The Morgan fingerprint density at radius 2 is 2.10 bits per heavy atom. The third-order valence-corrected chi connectivity index (χ3v) is 2.23. The fourth-order valence-corrected chi connectivity index (χ4v) is 1.32. The van der Waals surface area contributed by atoms with Crippen molar-refractivity contribution in [3.63, 3.8) is 0 Å². The second kappa shape index (κ2) is 7.09. The third-order valence-electron chi connectivity index (χ3n) is 2.23. The summed E-state index contributed by atoms with van der Waals surface area (Å²) in [4.78, 5) is 17.0. The van der Waals surface area contributed by atoms with E-state index >= 15 is 0 Å². The quantitative estimate of drug-likeness (QED) is 0.812. The molecule has 0 bridgehead atoms. The average Bonchev–Trinajstić information content (AvgIpc) is 2.37. The number of ether oxygens (including phenoxy) is 1. The summed E-state index contributed by atoms with van der Waals surface area (Å²) >= 11 is 0. The van der Waals surface area contributed by atoms with Crippen LogP contribution in [0.2, 0.25) is 0 Å². The van der Waals surface area contributed by atoms with Crippen LogP contribution in [-0.2, 0) is 4.74 Å². The molecular weight excluding hydrogens is 275 g/mol. The summed E-state index contributed by atoms with van der Waals surface area (Å²) in [7, 11) is 3.26. The number of pyridine rings is 1. The van der Waals surface area contributed by atoms with E-state index in [1.54, 1.807) is 26.2 Å². The van der Waals surface area contributed by atoms with Crippen LogP contribution in [0.25, 0.3) is 0 Å². The molecule has 20 heavy (non-hydrogen) atoms. The second-order valence-electron chi connectivity index (χ2n) is 4.23. The summed E-state index contributed by atoms with van der Waals surface area (Å²) in [5.41, 5.74) is 0.439. The van der Waals surface area contributed by atoms with Crippen LogP contribution < -0.4 is 5.32 Å². The third kappa shape index (κ3) is 5.87. The van der Waals surface area contributed by atoms with Gasteiger partial charge in [0.05, 0.1) is 12.2 Å². The van der Waals surface area contributed by atoms with E-state index in [1.807, 2.05) is 0 Å². The van der Waals surface area contributed by atoms with Crippen molar-refractivity contribution in [2.75, 3.05) is 39.2 Å². The van der Waals surface area contributed by atoms with Gasteiger partial charge >= 0.3 is 6.18 Å². The maximum absolute atomic E-state index is 11.8. The van der Waals surface area contributed by atoms with Crippen LogP contribution in [0, 0.1) is 0 Å². The van der Waals surface area contributed by atoms with Gasteiger partial charge < -0.3 is 15.0 Å². The summed E-state index contributed by atoms with van der Waals surface area (Å²) in [5.74, 6) is 0.300. The molecule has 0 atom stereocenters. The van der Waals surface area contributed by atoms with Crippen LogP contribution in [-0.4, -0.2) is 55.8 Å². The molecule has 8 heteroatoms. The number of alkyl halides is 3. The highest BCUT2D eigenvalue weighted by atomic mass is 19.4. The van der Waals surface area contributed by atoms with Crippen molar-refractivity contribution in [3.8, 4) is 0 Å². The van der Waals surface area contributed by atoms with Gasteiger partial charge in [-0.15, -0.1) is 0 Å². The summed E-state index contributed by atoms with van der Waals surface area (Å²) in [6.07, 6.45) is -2.91. The minimum atomic E-state index is -4.31. The Labute approximate surface area is 114 Å². The lowest BCUT2D eigenvalue weighted by Gasteiger charge is -2.11. The Morgan fingerprint density at radius 3 is 2.60 bits per heavy atom. The van der Waals surface area contributed by atoms with E-state index in [0.29, 0.717) is 11.4 Å². The van der Waals surface area contributed by atoms with Crippen LogP contribution in [0.3, 0.4) is 0 Å². The van der Waals surface area contributed by atoms with E-state index in [-0.39, 0.29) is 19.1 Å². The summed E-state index contributed by atoms with van der Waals surface area (Å²) in [6, 6.07) is 3.18. The largest absolute Gasteiger partial charge is 0.411 e. The number of hydrogen-bond donors (Lipinski definition) is 1. The first-order valence-corrected chi connectivity index (χ1v) is 5.85. The lowest BCUT2D eigenvalue weighted by Crippen LogP contribution is -2.22. The normalized spacial score (nSPS) is 11.2. The number of anilines is 1. The van der Waals surface area contributed by atoms with Gasteiger partial charge in [0.2, 0.25) is 0 Å². The molecule has 112 valence electrons. The fourth-order valence-electron chi connectivity index (χ4n) is 1.32. The molecule has 0 aliphatic rings. The standard InChI is InChI=1S/C12H16F3N3O2/c1-18(2)11(19)9-3-4-10(17-7-9)16-5-6-20-8-12(13,14)15/h3-4,7H,5-6,8H2,1-2H3,(H,16,17). The first kappa shape index (κ1) is 16.2. The first-order valence-electron chi connectivity index (χ1n) is 5.85. The molecule has 0 fully saturated rings. The molecule has 0 spiro atoms. The first-order chi connectivity index (χ1) is 9.29. The molecule has 1 aromatic heterocycles. The van der Waals surface area contributed by atoms with E-state index in [4.69, 9.17) is 0 Å². The van der Waals surface area contributed by atoms with Gasteiger partial charge in [0.1, 0.15) is 12.4 Å². The van der Waals surface area contributed by atoms with E-state index < -0.39 is 12.8 Å². The number of rotatable bonds is 6. The number of hydrogen-bond acceptors (Lipinski definition) is 4. The Morgan fingerprint density at radius 1 is 1.40 bits per heavy atom. The Kier molecular flexibility index (Phi) is 5.75. The smallest absolute Gasteiger partial charge is 0.370 e. The molecule has 0 aromatic carbocycles. The second-order valence-corrected chi connectivity index (χ2v) is 4.23. The molecule has 0 aliphatic carbocycles. The number of amides is 1. The zero-order valence-electron chi connectivity index (χ0n) is 11.2. The molecule has 0 aliphatic heterocycles. The summed E-state index contributed by atoms with van der Waals surface area (Å²) in [6.45, 7) is -1.15. The molecule has 0 unspecified atom stereocenters. The molecular formula is C12H16F3N3O2. The van der Waals surface area contributed by atoms with Gasteiger partial charge in [0.15, 0.2) is 0 Å². The lowest BCUT2D eigenvalue weighted by molar-refractivity contribution is -0.172. The van der Waals surface area contributed by atoms with Crippen molar-refractivity contribution in [1.82, 2.24) is 9.88 Å². The number of nitrogens with one attached hydrogen (secondary N) is 1. The maximum Gasteiger partial charge on any atom is 0.411 e. The number of nitrogens with zero attached hydrogens (tertiary/aromatic N) is 2. The SMILES string of the molecule is CN(C)C(=O)c1ccc(NCCOCC(F)(F)F)nc1. The highest BCUT2D eigenvalue weighted by Gasteiger charge is 2.27. The van der Waals surface area contributed by atoms with Gasteiger partial charge in [-0.1, -0.05) is 0 Å². The van der Waals surface area contributed by atoms with Gasteiger partial charge in [-0.2, -0.15) is 13.2 Å². The van der Waals surface area contributed by atoms with E-state index in [1.165, 1.54) is 11.1 Å². The lowest BCUT2D eigenvalue weighted by atomic mass is 10.2. The van der Waals surface area contributed by atoms with Crippen molar-refractivity contribution in [3.05, 3.63) is 23.9 Å². The van der Waals surface area contributed by atoms with E-state index in [2.05, 4.69) is 15.0 Å². The Bertz CT molecular complexity index is 433. The van der Waals surface area contributed by atoms with Gasteiger partial charge in [-0.05, 0) is 12.1 Å². The zero-order valence-corrected chi connectivity index (χ0v) is 11.2. The predicted molar refractivity (Wildman–Crippen MR) is 67.6 cm³/mol. The van der Waals surface area contributed by atoms with Gasteiger partial charge in [0, 0.05) is 26.8 Å². The molecule has 5 nitrogen and oxygen atoms in total. The predicted octanol–water partition coefficient (Wildman–Crippen LogP) is 1.77. The van der Waals surface area contributed by atoms with E-state index in [9.17, 15) is 18.0 Å². The zero-order chi connectivity index (χ0) is 15.2. The van der Waals surface area contributed by atoms with Crippen LogP contribution in [0.5, 0.6) is 0 Å². The highest BCUT2D eigenvalue weighted by molar-refractivity contribution is 5.93. The average molecular weight is 291 g/mol. The van der Waals surface area contributed by atoms with Gasteiger partial charge in [0.25, 0.3) is 5.91 Å². The topological polar surface area (TPSA) is 54.5 Å². The molecule has 1 amide bonds. The van der Waals surface area contributed by atoms with Crippen molar-refractivity contribution in [2.45, 2.75) is 6.18 Å². The van der Waals surface area contributed by atoms with Crippen LogP contribution in [0.4, 0.5) is 19.0 Å². The number of carbonyl (C=O) groups excluding carboxylic acids is 1. The number of carbonyl (C=O) groups is 1. The molecule has 0 radical (unpaired) electrons. The summed E-state index contributed by atoms with van der Waals surface area (Å²) in [5, 5.41) is 2.80.